The van der Waals surface area contributed by atoms with Crippen molar-refractivity contribution in [1.29, 1.82) is 0 Å². The summed E-state index contributed by atoms with van der Waals surface area (Å²) in [6.45, 7) is 0. The summed E-state index contributed by atoms with van der Waals surface area (Å²) >= 11 is 5.66. The Bertz CT molecular complexity index is 473. The van der Waals surface area contributed by atoms with E-state index in [9.17, 15) is 4.39 Å². The molecule has 0 radical (unpaired) electrons. The Morgan fingerprint density at radius 2 is 2.31 bits per heavy atom. The van der Waals surface area contributed by atoms with E-state index in [1.807, 2.05) is 0 Å². The van der Waals surface area contributed by atoms with Crippen molar-refractivity contribution in [1.82, 2.24) is 20.8 Å². The Balaban J connectivity index is 2.41. The van der Waals surface area contributed by atoms with Gasteiger partial charge in [-0.25, -0.2) is 9.82 Å². The van der Waals surface area contributed by atoms with Crippen LogP contribution in [0.3, 0.4) is 0 Å². The van der Waals surface area contributed by atoms with Gasteiger partial charge in [-0.15, -0.1) is 0 Å². The van der Waals surface area contributed by atoms with E-state index in [4.69, 9.17) is 17.4 Å². The molecular weight excluding hydrogens is 233 g/mol. The van der Waals surface area contributed by atoms with Crippen LogP contribution >= 0.6 is 11.6 Å². The third-order valence-corrected chi connectivity index (χ3v) is 2.40. The highest BCUT2D eigenvalue weighted by Gasteiger charge is 2.18. The highest BCUT2D eigenvalue weighted by atomic mass is 35.5. The number of nitrogens with two attached hydrogens (primary N) is 1. The van der Waals surface area contributed by atoms with Crippen molar-refractivity contribution in [3.05, 3.63) is 46.5 Å². The Morgan fingerprint density at radius 3 is 2.88 bits per heavy atom. The van der Waals surface area contributed by atoms with Gasteiger partial charge >= 0.3 is 0 Å². The van der Waals surface area contributed by atoms with Gasteiger partial charge in [0, 0.05) is 10.6 Å². The van der Waals surface area contributed by atoms with Crippen LogP contribution in [-0.4, -0.2) is 15.4 Å². The van der Waals surface area contributed by atoms with E-state index in [0.29, 0.717) is 16.3 Å². The Hall–Kier alpha value is -1.50. The fraction of sp³-hybridized carbons (Fsp3) is 0.111. The maximum Gasteiger partial charge on any atom is 0.129 e. The molecule has 4 N–H and O–H groups in total. The third kappa shape index (κ3) is 2.04. The van der Waals surface area contributed by atoms with E-state index in [1.165, 1.54) is 12.3 Å². The predicted octanol–water partition coefficient (Wildman–Crippen LogP) is 1.15. The number of hydrogen-bond donors (Lipinski definition) is 3. The van der Waals surface area contributed by atoms with Gasteiger partial charge in [0.25, 0.3) is 0 Å². The van der Waals surface area contributed by atoms with Crippen molar-refractivity contribution < 1.29 is 4.39 Å². The molecule has 0 amide bonds. The standard InChI is InChI=1S/C9H9ClFN5/c10-5-1-2-6(7(11)3-5)9(14-12)8-4-13-16-15-8/h1-4,9,14H,12H2,(H,13,15,16). The molecule has 0 spiro atoms. The van der Waals surface area contributed by atoms with Gasteiger partial charge in [-0.1, -0.05) is 17.7 Å². The number of rotatable bonds is 3. The Morgan fingerprint density at radius 1 is 1.50 bits per heavy atom. The van der Waals surface area contributed by atoms with Crippen molar-refractivity contribution in [2.75, 3.05) is 0 Å². The summed E-state index contributed by atoms with van der Waals surface area (Å²) in [5, 5.41) is 10.3. The SMILES string of the molecule is NNC(c1cn[nH]n1)c1ccc(Cl)cc1F. The highest BCUT2D eigenvalue weighted by Crippen LogP contribution is 2.23. The van der Waals surface area contributed by atoms with Gasteiger partial charge in [0.1, 0.15) is 11.5 Å². The number of nitrogens with one attached hydrogen (secondary N) is 2. The molecule has 0 saturated carbocycles. The molecule has 16 heavy (non-hydrogen) atoms. The molecule has 1 aromatic carbocycles. The number of H-pyrrole nitrogens is 1. The van der Waals surface area contributed by atoms with Crippen LogP contribution in [0.1, 0.15) is 17.3 Å². The zero-order chi connectivity index (χ0) is 11.5. The number of hydrazine groups is 1. The average molecular weight is 242 g/mol. The fourth-order valence-corrected chi connectivity index (χ4v) is 1.58. The lowest BCUT2D eigenvalue weighted by atomic mass is 10.0. The summed E-state index contributed by atoms with van der Waals surface area (Å²) in [4.78, 5) is 0. The molecular formula is C9H9ClFN5. The van der Waals surface area contributed by atoms with Gasteiger partial charge in [0.05, 0.1) is 12.2 Å². The van der Waals surface area contributed by atoms with Crippen LogP contribution in [0.25, 0.3) is 0 Å². The number of benzene rings is 1. The minimum Gasteiger partial charge on any atom is -0.271 e. The fourth-order valence-electron chi connectivity index (χ4n) is 1.42. The largest absolute Gasteiger partial charge is 0.271 e. The summed E-state index contributed by atoms with van der Waals surface area (Å²) in [5.74, 6) is 4.93. The molecule has 1 heterocycles. The van der Waals surface area contributed by atoms with E-state index in [-0.39, 0.29) is 0 Å². The van der Waals surface area contributed by atoms with Crippen LogP contribution in [0.5, 0.6) is 0 Å². The first kappa shape index (κ1) is 11.0. The summed E-state index contributed by atoms with van der Waals surface area (Å²) in [6.07, 6.45) is 1.47. The van der Waals surface area contributed by atoms with Gasteiger partial charge in [-0.05, 0) is 12.1 Å². The Kier molecular flexibility index (Phi) is 3.14. The normalized spacial score (nSPS) is 12.7. The van der Waals surface area contributed by atoms with Crippen LogP contribution in [0.2, 0.25) is 5.02 Å². The molecule has 0 saturated heterocycles. The topological polar surface area (TPSA) is 79.6 Å². The summed E-state index contributed by atoms with van der Waals surface area (Å²) in [6, 6.07) is 3.80. The molecule has 0 aliphatic carbocycles. The maximum atomic E-state index is 13.6. The minimum absolute atomic E-state index is 0.331. The first-order valence-electron chi connectivity index (χ1n) is 4.49. The number of aromatic amines is 1. The smallest absolute Gasteiger partial charge is 0.129 e. The molecule has 2 aromatic rings. The molecule has 0 aliphatic rings. The van der Waals surface area contributed by atoms with E-state index in [0.717, 1.165) is 0 Å². The number of halogens is 2. The Labute approximate surface area is 95.8 Å². The van der Waals surface area contributed by atoms with Crippen LogP contribution in [0, 0.1) is 5.82 Å². The van der Waals surface area contributed by atoms with E-state index < -0.39 is 11.9 Å². The molecule has 5 nitrogen and oxygen atoms in total. The van der Waals surface area contributed by atoms with E-state index in [2.05, 4.69) is 20.8 Å². The summed E-state index contributed by atoms with van der Waals surface area (Å²) in [5.41, 5.74) is 3.34. The van der Waals surface area contributed by atoms with Crippen molar-refractivity contribution in [3.8, 4) is 0 Å². The van der Waals surface area contributed by atoms with Gasteiger partial charge in [-0.2, -0.15) is 15.4 Å². The van der Waals surface area contributed by atoms with Crippen LogP contribution in [-0.2, 0) is 0 Å². The molecule has 0 bridgehead atoms. The second kappa shape index (κ2) is 4.56. The molecule has 84 valence electrons. The van der Waals surface area contributed by atoms with Crippen LogP contribution < -0.4 is 11.3 Å². The first-order valence-corrected chi connectivity index (χ1v) is 4.87. The zero-order valence-corrected chi connectivity index (χ0v) is 8.87. The lowest BCUT2D eigenvalue weighted by molar-refractivity contribution is 0.552. The summed E-state index contributed by atoms with van der Waals surface area (Å²) < 4.78 is 13.6. The zero-order valence-electron chi connectivity index (χ0n) is 8.11. The molecule has 1 unspecified atom stereocenters. The second-order valence-electron chi connectivity index (χ2n) is 3.16. The second-order valence-corrected chi connectivity index (χ2v) is 3.60. The van der Waals surface area contributed by atoms with Gasteiger partial charge < -0.3 is 0 Å². The molecule has 2 rings (SSSR count). The van der Waals surface area contributed by atoms with Crippen molar-refractivity contribution >= 4 is 11.6 Å². The average Bonchev–Trinajstić information content (AvgIpc) is 2.75. The lowest BCUT2D eigenvalue weighted by Gasteiger charge is -2.14. The van der Waals surface area contributed by atoms with Crippen molar-refractivity contribution in [2.24, 2.45) is 5.84 Å². The number of nitrogens with zero attached hydrogens (tertiary/aromatic N) is 2. The van der Waals surface area contributed by atoms with Crippen molar-refractivity contribution in [3.63, 3.8) is 0 Å². The number of aromatic nitrogens is 3. The van der Waals surface area contributed by atoms with Crippen molar-refractivity contribution in [2.45, 2.75) is 6.04 Å². The third-order valence-electron chi connectivity index (χ3n) is 2.17. The van der Waals surface area contributed by atoms with Gasteiger partial charge in [0.15, 0.2) is 0 Å². The lowest BCUT2D eigenvalue weighted by Crippen LogP contribution is -2.29. The van der Waals surface area contributed by atoms with E-state index in [1.54, 1.807) is 12.1 Å². The predicted molar refractivity (Wildman–Crippen MR) is 57.0 cm³/mol. The quantitative estimate of drug-likeness (QED) is 0.556. The monoisotopic (exact) mass is 241 g/mol. The highest BCUT2D eigenvalue weighted by molar-refractivity contribution is 6.30. The van der Waals surface area contributed by atoms with Gasteiger partial charge in [-0.3, -0.25) is 5.84 Å². The molecule has 0 aliphatic heterocycles. The number of hydrogen-bond acceptors (Lipinski definition) is 4. The molecule has 0 fully saturated rings. The van der Waals surface area contributed by atoms with Gasteiger partial charge in [0.2, 0.25) is 0 Å². The maximum absolute atomic E-state index is 13.6. The van der Waals surface area contributed by atoms with Crippen LogP contribution in [0.15, 0.2) is 24.4 Å². The van der Waals surface area contributed by atoms with E-state index >= 15 is 0 Å². The molecule has 7 heteroatoms. The molecule has 1 aromatic heterocycles. The summed E-state index contributed by atoms with van der Waals surface area (Å²) in [7, 11) is 0. The van der Waals surface area contributed by atoms with Crippen LogP contribution in [0.4, 0.5) is 4.39 Å². The first-order chi connectivity index (χ1) is 7.72. The minimum atomic E-state index is -0.559. The molecule has 1 atom stereocenters.